The van der Waals surface area contributed by atoms with Crippen molar-refractivity contribution in [3.05, 3.63) is 58.5 Å². The molecular formula is C19H15NO5S2. The number of benzene rings is 2. The molecule has 1 heterocycles. The topological polar surface area (TPSA) is 87.1 Å². The molecule has 0 radical (unpaired) electrons. The van der Waals surface area contributed by atoms with Gasteiger partial charge in [-0.1, -0.05) is 36.1 Å². The number of hydrogen-bond acceptors (Lipinski definition) is 6. The highest BCUT2D eigenvalue weighted by atomic mass is 32.2. The Morgan fingerprint density at radius 1 is 1.26 bits per heavy atom. The quantitative estimate of drug-likeness (QED) is 0.580. The van der Waals surface area contributed by atoms with Gasteiger partial charge >= 0.3 is 5.97 Å². The van der Waals surface area contributed by atoms with Gasteiger partial charge in [0, 0.05) is 6.07 Å². The van der Waals surface area contributed by atoms with E-state index in [2.05, 4.69) is 0 Å². The van der Waals surface area contributed by atoms with Gasteiger partial charge in [-0.2, -0.15) is 0 Å². The van der Waals surface area contributed by atoms with E-state index in [0.29, 0.717) is 21.5 Å². The summed E-state index contributed by atoms with van der Waals surface area (Å²) in [6, 6.07) is 11.2. The predicted octanol–water partition coefficient (Wildman–Crippen LogP) is 3.89. The van der Waals surface area contributed by atoms with Gasteiger partial charge in [-0.15, -0.1) is 0 Å². The minimum Gasteiger partial charge on any atom is -0.507 e. The SMILES string of the molecule is CCOc1ccc(/C=C2\SC(=S)N(c3ccc(C(=O)O)c(O)c3)C2=O)cc1. The van der Waals surface area contributed by atoms with E-state index in [1.165, 1.54) is 23.1 Å². The Bertz CT molecular complexity index is 953. The lowest BCUT2D eigenvalue weighted by Crippen LogP contribution is -2.27. The monoisotopic (exact) mass is 401 g/mol. The van der Waals surface area contributed by atoms with Crippen molar-refractivity contribution in [2.45, 2.75) is 6.92 Å². The molecule has 0 bridgehead atoms. The third-order valence-electron chi connectivity index (χ3n) is 3.75. The highest BCUT2D eigenvalue weighted by Gasteiger charge is 2.33. The number of rotatable bonds is 5. The molecule has 1 aliphatic rings. The van der Waals surface area contributed by atoms with E-state index in [1.54, 1.807) is 6.08 Å². The van der Waals surface area contributed by atoms with Crippen LogP contribution in [0.3, 0.4) is 0 Å². The maximum Gasteiger partial charge on any atom is 0.339 e. The number of carbonyl (C=O) groups excluding carboxylic acids is 1. The first-order valence-electron chi connectivity index (χ1n) is 7.98. The van der Waals surface area contributed by atoms with Crippen LogP contribution in [0.25, 0.3) is 6.08 Å². The molecule has 2 aromatic carbocycles. The number of aromatic hydroxyl groups is 1. The molecule has 8 heteroatoms. The third kappa shape index (κ3) is 3.96. The Hall–Kier alpha value is -2.84. The number of thioether (sulfide) groups is 1. The highest BCUT2D eigenvalue weighted by Crippen LogP contribution is 2.37. The van der Waals surface area contributed by atoms with Crippen LogP contribution in [0.2, 0.25) is 0 Å². The molecule has 6 nitrogen and oxygen atoms in total. The van der Waals surface area contributed by atoms with E-state index in [0.717, 1.165) is 23.1 Å². The Morgan fingerprint density at radius 2 is 1.96 bits per heavy atom. The zero-order chi connectivity index (χ0) is 19.6. The van der Waals surface area contributed by atoms with Gasteiger partial charge in [0.05, 0.1) is 17.2 Å². The highest BCUT2D eigenvalue weighted by molar-refractivity contribution is 8.27. The first kappa shape index (κ1) is 18.9. The molecule has 0 unspecified atom stereocenters. The van der Waals surface area contributed by atoms with Crippen molar-refractivity contribution in [1.82, 2.24) is 0 Å². The summed E-state index contributed by atoms with van der Waals surface area (Å²) in [5.74, 6) is -1.26. The van der Waals surface area contributed by atoms with Crippen molar-refractivity contribution in [1.29, 1.82) is 0 Å². The second-order valence-corrected chi connectivity index (χ2v) is 7.20. The maximum absolute atomic E-state index is 12.7. The normalized spacial score (nSPS) is 15.4. The van der Waals surface area contributed by atoms with Crippen LogP contribution in [-0.4, -0.2) is 33.0 Å². The summed E-state index contributed by atoms with van der Waals surface area (Å²) in [5.41, 5.74) is 0.896. The summed E-state index contributed by atoms with van der Waals surface area (Å²) in [6.45, 7) is 2.48. The lowest BCUT2D eigenvalue weighted by molar-refractivity contribution is -0.113. The van der Waals surface area contributed by atoms with E-state index >= 15 is 0 Å². The number of aromatic carboxylic acids is 1. The number of anilines is 1. The average molecular weight is 401 g/mol. The third-order valence-corrected chi connectivity index (χ3v) is 5.05. The van der Waals surface area contributed by atoms with Crippen LogP contribution in [-0.2, 0) is 4.79 Å². The standard InChI is InChI=1S/C19H15NO5S2/c1-2-25-13-6-3-11(4-7-13)9-16-17(22)20(19(26)27-16)12-5-8-14(18(23)24)15(21)10-12/h3-10,21H,2H2,1H3,(H,23,24)/b16-9-. The van der Waals surface area contributed by atoms with Gasteiger partial charge < -0.3 is 14.9 Å². The molecule has 1 aliphatic heterocycles. The van der Waals surface area contributed by atoms with E-state index in [9.17, 15) is 14.7 Å². The molecule has 0 aromatic heterocycles. The second-order valence-electron chi connectivity index (χ2n) is 5.53. The largest absolute Gasteiger partial charge is 0.507 e. The maximum atomic E-state index is 12.7. The number of hydrogen-bond donors (Lipinski definition) is 2. The summed E-state index contributed by atoms with van der Waals surface area (Å²) in [5, 5.41) is 18.9. The smallest absolute Gasteiger partial charge is 0.339 e. The fourth-order valence-corrected chi connectivity index (χ4v) is 3.81. The van der Waals surface area contributed by atoms with Crippen molar-refractivity contribution in [3.8, 4) is 11.5 Å². The summed E-state index contributed by atoms with van der Waals surface area (Å²) in [6.07, 6.45) is 1.72. The van der Waals surface area contributed by atoms with Gasteiger partial charge in [0.25, 0.3) is 5.91 Å². The first-order chi connectivity index (χ1) is 12.9. The van der Waals surface area contributed by atoms with Gasteiger partial charge in [-0.25, -0.2) is 4.79 Å². The van der Waals surface area contributed by atoms with Gasteiger partial charge in [0.2, 0.25) is 0 Å². The zero-order valence-electron chi connectivity index (χ0n) is 14.2. The van der Waals surface area contributed by atoms with Crippen molar-refractivity contribution in [2.24, 2.45) is 0 Å². The fourth-order valence-electron chi connectivity index (χ4n) is 2.51. The van der Waals surface area contributed by atoms with Crippen LogP contribution in [0.1, 0.15) is 22.8 Å². The Balaban J connectivity index is 1.86. The average Bonchev–Trinajstić information content (AvgIpc) is 2.90. The van der Waals surface area contributed by atoms with Gasteiger partial charge in [0.15, 0.2) is 4.32 Å². The molecule has 0 aliphatic carbocycles. The zero-order valence-corrected chi connectivity index (χ0v) is 15.8. The Morgan fingerprint density at radius 3 is 2.56 bits per heavy atom. The minimum atomic E-state index is -1.25. The second kappa shape index (κ2) is 7.81. The number of phenols is 1. The van der Waals surface area contributed by atoms with Crippen LogP contribution >= 0.6 is 24.0 Å². The number of carboxylic acid groups (broad SMARTS) is 1. The summed E-state index contributed by atoms with van der Waals surface area (Å²) in [7, 11) is 0. The molecule has 1 saturated heterocycles. The van der Waals surface area contributed by atoms with Gasteiger partial charge in [0.1, 0.15) is 17.1 Å². The number of ether oxygens (including phenoxy) is 1. The molecule has 0 atom stereocenters. The number of amides is 1. The van der Waals surface area contributed by atoms with E-state index < -0.39 is 11.7 Å². The molecule has 1 amide bonds. The summed E-state index contributed by atoms with van der Waals surface area (Å²) in [4.78, 5) is 25.5. The number of nitrogens with zero attached hydrogens (tertiary/aromatic N) is 1. The fraction of sp³-hybridized carbons (Fsp3) is 0.105. The molecule has 0 saturated carbocycles. The van der Waals surface area contributed by atoms with Crippen LogP contribution in [0, 0.1) is 0 Å². The predicted molar refractivity (Wildman–Crippen MR) is 108 cm³/mol. The van der Waals surface area contributed by atoms with Crippen LogP contribution < -0.4 is 9.64 Å². The van der Waals surface area contributed by atoms with Crippen molar-refractivity contribution >= 4 is 51.9 Å². The molecule has 0 spiro atoms. The molecule has 3 rings (SSSR count). The molecule has 138 valence electrons. The van der Waals surface area contributed by atoms with Crippen LogP contribution in [0.15, 0.2) is 47.4 Å². The van der Waals surface area contributed by atoms with Crippen molar-refractivity contribution < 1.29 is 24.5 Å². The van der Waals surface area contributed by atoms with Gasteiger partial charge in [-0.3, -0.25) is 9.69 Å². The summed E-state index contributed by atoms with van der Waals surface area (Å²) < 4.78 is 5.70. The molecule has 1 fully saturated rings. The van der Waals surface area contributed by atoms with Crippen LogP contribution in [0.5, 0.6) is 11.5 Å². The van der Waals surface area contributed by atoms with Gasteiger partial charge in [-0.05, 0) is 42.8 Å². The van der Waals surface area contributed by atoms with Crippen molar-refractivity contribution in [3.63, 3.8) is 0 Å². The number of carbonyl (C=O) groups is 2. The lowest BCUT2D eigenvalue weighted by Gasteiger charge is -2.15. The molecular weight excluding hydrogens is 386 g/mol. The Kier molecular flexibility index (Phi) is 5.48. The molecule has 2 N–H and O–H groups in total. The lowest BCUT2D eigenvalue weighted by atomic mass is 10.1. The Labute approximate surface area is 165 Å². The summed E-state index contributed by atoms with van der Waals surface area (Å²) >= 11 is 6.43. The minimum absolute atomic E-state index is 0.242. The van der Waals surface area contributed by atoms with Crippen LogP contribution in [0.4, 0.5) is 5.69 Å². The van der Waals surface area contributed by atoms with Crippen molar-refractivity contribution in [2.75, 3.05) is 11.5 Å². The first-order valence-corrected chi connectivity index (χ1v) is 9.20. The molecule has 2 aromatic rings. The van der Waals surface area contributed by atoms with E-state index in [-0.39, 0.29) is 11.5 Å². The van der Waals surface area contributed by atoms with E-state index in [4.69, 9.17) is 22.1 Å². The number of thiocarbonyl (C=S) groups is 1. The number of carboxylic acids is 1. The molecule has 27 heavy (non-hydrogen) atoms. The van der Waals surface area contributed by atoms with E-state index in [1.807, 2.05) is 31.2 Å².